The van der Waals surface area contributed by atoms with Crippen molar-refractivity contribution >= 4 is 21.9 Å². The zero-order valence-electron chi connectivity index (χ0n) is 15.7. The lowest BCUT2D eigenvalue weighted by molar-refractivity contribution is 0.284. The summed E-state index contributed by atoms with van der Waals surface area (Å²) in [7, 11) is 0. The molecule has 0 unspecified atom stereocenters. The van der Waals surface area contributed by atoms with Gasteiger partial charge in [0, 0.05) is 10.8 Å². The summed E-state index contributed by atoms with van der Waals surface area (Å²) in [6.07, 6.45) is 1.84. The molecule has 0 atom stereocenters. The maximum atomic E-state index is 14.8. The van der Waals surface area contributed by atoms with Gasteiger partial charge in [0.2, 0.25) is 11.6 Å². The van der Waals surface area contributed by atoms with Crippen molar-refractivity contribution in [1.29, 1.82) is 0 Å². The minimum atomic E-state index is -0.666. The zero-order valence-corrected chi connectivity index (χ0v) is 15.7. The highest BCUT2D eigenvalue weighted by Crippen LogP contribution is 2.37. The summed E-state index contributed by atoms with van der Waals surface area (Å²) in [6, 6.07) is 6.39. The molecule has 0 N–H and O–H groups in total. The third-order valence-electron chi connectivity index (χ3n) is 4.28. The number of hydrogen-bond acceptors (Lipinski definition) is 3. The van der Waals surface area contributed by atoms with Crippen LogP contribution in [-0.4, -0.2) is 13.2 Å². The third kappa shape index (κ3) is 4.00. The van der Waals surface area contributed by atoms with Gasteiger partial charge in [-0.15, -0.1) is 5.92 Å². The number of benzene rings is 2. The van der Waals surface area contributed by atoms with Crippen LogP contribution in [0.15, 0.2) is 28.7 Å². The van der Waals surface area contributed by atoms with Crippen LogP contribution >= 0.6 is 0 Å². The van der Waals surface area contributed by atoms with E-state index in [0.717, 1.165) is 12.8 Å². The molecule has 0 amide bonds. The van der Waals surface area contributed by atoms with Crippen LogP contribution in [-0.2, 0) is 0 Å². The van der Waals surface area contributed by atoms with Gasteiger partial charge in [0.05, 0.1) is 6.61 Å². The van der Waals surface area contributed by atoms with Gasteiger partial charge in [0.1, 0.15) is 6.61 Å². The van der Waals surface area contributed by atoms with E-state index in [-0.39, 0.29) is 29.3 Å². The van der Waals surface area contributed by atoms with Gasteiger partial charge >= 0.3 is 0 Å². The van der Waals surface area contributed by atoms with Crippen molar-refractivity contribution in [2.75, 3.05) is 13.2 Å². The van der Waals surface area contributed by atoms with Gasteiger partial charge in [-0.2, -0.15) is 8.78 Å². The minimum Gasteiger partial charge on any atom is -0.490 e. The van der Waals surface area contributed by atoms with Crippen LogP contribution in [0.3, 0.4) is 0 Å². The first kappa shape index (κ1) is 19.0. The van der Waals surface area contributed by atoms with Crippen molar-refractivity contribution in [2.45, 2.75) is 33.6 Å². The van der Waals surface area contributed by atoms with E-state index in [9.17, 15) is 8.78 Å². The third-order valence-corrected chi connectivity index (χ3v) is 4.28. The summed E-state index contributed by atoms with van der Waals surface area (Å²) in [5.41, 5.74) is -0.0569. The molecule has 142 valence electrons. The predicted molar refractivity (Wildman–Crippen MR) is 102 cm³/mol. The van der Waals surface area contributed by atoms with Crippen molar-refractivity contribution in [2.24, 2.45) is 5.92 Å². The Morgan fingerprint density at radius 2 is 1.56 bits per heavy atom. The number of rotatable bonds is 7. The van der Waals surface area contributed by atoms with E-state index in [1.165, 1.54) is 6.07 Å². The lowest BCUT2D eigenvalue weighted by atomic mass is 10.1. The van der Waals surface area contributed by atoms with Crippen LogP contribution in [0, 0.1) is 29.4 Å². The van der Waals surface area contributed by atoms with E-state index >= 15 is 0 Å². The molecule has 1 heterocycles. The molecular weight excluding hydrogens is 350 g/mol. The van der Waals surface area contributed by atoms with E-state index in [1.807, 2.05) is 0 Å². The van der Waals surface area contributed by atoms with Crippen LogP contribution in [0.4, 0.5) is 8.78 Å². The summed E-state index contributed by atoms with van der Waals surface area (Å²) in [5, 5.41) is 0.984. The maximum Gasteiger partial charge on any atom is 0.208 e. The molecule has 0 aliphatic rings. The molecule has 3 aromatic rings. The number of furan rings is 1. The Hall–Kier alpha value is -2.74. The van der Waals surface area contributed by atoms with Crippen LogP contribution in [0.1, 0.15) is 33.6 Å². The van der Waals surface area contributed by atoms with E-state index < -0.39 is 11.6 Å². The Balaban J connectivity index is 1.91. The fraction of sp³-hybridized carbons (Fsp3) is 0.364. The second-order valence-corrected chi connectivity index (χ2v) is 6.71. The van der Waals surface area contributed by atoms with Crippen LogP contribution in [0.2, 0.25) is 0 Å². The van der Waals surface area contributed by atoms with E-state index in [2.05, 4.69) is 25.7 Å². The highest BCUT2D eigenvalue weighted by atomic mass is 19.1. The van der Waals surface area contributed by atoms with Crippen molar-refractivity contribution in [3.8, 4) is 23.3 Å². The molecule has 1 aromatic heterocycles. The van der Waals surface area contributed by atoms with Crippen molar-refractivity contribution in [3.63, 3.8) is 0 Å². The van der Waals surface area contributed by atoms with E-state index in [0.29, 0.717) is 23.3 Å². The smallest absolute Gasteiger partial charge is 0.208 e. The van der Waals surface area contributed by atoms with Crippen molar-refractivity contribution in [1.82, 2.24) is 0 Å². The van der Waals surface area contributed by atoms with E-state index in [4.69, 9.17) is 13.9 Å². The highest BCUT2D eigenvalue weighted by molar-refractivity contribution is 6.06. The quantitative estimate of drug-likeness (QED) is 0.372. The van der Waals surface area contributed by atoms with Gasteiger partial charge in [0.25, 0.3) is 0 Å². The molecule has 0 aliphatic heterocycles. The molecule has 3 nitrogen and oxygen atoms in total. The van der Waals surface area contributed by atoms with Crippen molar-refractivity contribution in [3.05, 3.63) is 35.9 Å². The second-order valence-electron chi connectivity index (χ2n) is 6.71. The maximum absolute atomic E-state index is 14.8. The van der Waals surface area contributed by atoms with Crippen LogP contribution in [0.25, 0.3) is 21.9 Å². The molecule has 0 aliphatic carbocycles. The average molecular weight is 372 g/mol. The van der Waals surface area contributed by atoms with Crippen LogP contribution in [0.5, 0.6) is 11.5 Å². The molecule has 2 aromatic carbocycles. The summed E-state index contributed by atoms with van der Waals surface area (Å²) < 4.78 is 45.8. The first-order valence-corrected chi connectivity index (χ1v) is 9.01. The zero-order chi connectivity index (χ0) is 19.4. The Labute approximate surface area is 157 Å². The summed E-state index contributed by atoms with van der Waals surface area (Å²) in [6.45, 7) is 6.42. The number of halogens is 2. The Morgan fingerprint density at radius 1 is 0.963 bits per heavy atom. The van der Waals surface area contributed by atoms with E-state index in [1.54, 1.807) is 25.1 Å². The Bertz CT molecular complexity index is 1010. The first-order valence-electron chi connectivity index (χ1n) is 9.01. The average Bonchev–Trinajstić information content (AvgIpc) is 3.02. The molecule has 5 heteroatoms. The Kier molecular flexibility index (Phi) is 5.85. The summed E-state index contributed by atoms with van der Waals surface area (Å²) in [4.78, 5) is 0. The monoisotopic (exact) mass is 372 g/mol. The lowest BCUT2D eigenvalue weighted by Crippen LogP contribution is -2.01. The molecule has 27 heavy (non-hydrogen) atoms. The SMILES string of the molecule is CC#CCOc1ccc2c(oc3c(F)c(OCCCC(C)C)ccc32)c1F. The number of fused-ring (bicyclic) bond motifs is 3. The van der Waals surface area contributed by atoms with Gasteiger partial charge < -0.3 is 13.9 Å². The molecule has 0 saturated heterocycles. The van der Waals surface area contributed by atoms with Gasteiger partial charge in [-0.25, -0.2) is 0 Å². The molecule has 0 spiro atoms. The van der Waals surface area contributed by atoms with Crippen molar-refractivity contribution < 1.29 is 22.7 Å². The Morgan fingerprint density at radius 3 is 2.11 bits per heavy atom. The minimum absolute atomic E-state index is 0.0178. The molecule has 0 saturated carbocycles. The first-order chi connectivity index (χ1) is 13.0. The van der Waals surface area contributed by atoms with Gasteiger partial charge in [0.15, 0.2) is 22.7 Å². The largest absolute Gasteiger partial charge is 0.490 e. The standard InChI is InChI=1S/C22H22F2O3/c1-4-5-12-25-17-10-8-15-16-9-11-18(26-13-6-7-14(2)3)20(24)22(16)27-21(15)19(17)23/h8-11,14H,6-7,12-13H2,1-3H3. The van der Waals surface area contributed by atoms with Crippen LogP contribution < -0.4 is 9.47 Å². The number of ether oxygens (including phenoxy) is 2. The number of hydrogen-bond donors (Lipinski definition) is 0. The topological polar surface area (TPSA) is 31.6 Å². The fourth-order valence-corrected chi connectivity index (χ4v) is 2.88. The summed E-state index contributed by atoms with van der Waals surface area (Å²) in [5.74, 6) is 4.79. The molecular formula is C22H22F2O3. The van der Waals surface area contributed by atoms with Gasteiger partial charge in [-0.05, 0) is 49.9 Å². The van der Waals surface area contributed by atoms with Gasteiger partial charge in [-0.3, -0.25) is 0 Å². The highest BCUT2D eigenvalue weighted by Gasteiger charge is 2.20. The molecule has 0 bridgehead atoms. The fourth-order valence-electron chi connectivity index (χ4n) is 2.88. The summed E-state index contributed by atoms with van der Waals surface area (Å²) >= 11 is 0. The molecule has 0 radical (unpaired) electrons. The second kappa shape index (κ2) is 8.30. The molecule has 3 rings (SSSR count). The predicted octanol–water partition coefficient (Wildman–Crippen LogP) is 6.08. The lowest BCUT2D eigenvalue weighted by Gasteiger charge is -2.08. The normalized spacial score (nSPS) is 11.0. The molecule has 0 fully saturated rings. The van der Waals surface area contributed by atoms with Gasteiger partial charge in [-0.1, -0.05) is 19.8 Å².